The number of ether oxygens (including phenoxy) is 3. The van der Waals surface area contributed by atoms with E-state index in [9.17, 15) is 14.3 Å². The standard InChI is InChI=1S/C32H58N5O7P/c1-6-7-8-9-10-11-12-13-14-15-16-17-18-19-20-41-28-27(44-45(39,40)24(4)5)25(21-42-23(2)3)43-31(28)37-22-34-26-29(37)35-32(33)36-30(26)38/h22-25,27-28,31H,6-21H2,1-5H3,(H,39,40)(H3,33,35,36,38)/t25-,27+,28+,31-/m1/s1. The Balaban J connectivity index is 1.60. The Bertz CT molecular complexity index is 1240. The zero-order valence-electron chi connectivity index (χ0n) is 28.1. The average molecular weight is 656 g/mol. The third kappa shape index (κ3) is 11.7. The molecule has 0 saturated carbocycles. The van der Waals surface area contributed by atoms with Crippen LogP contribution in [0.5, 0.6) is 0 Å². The Kier molecular flexibility index (Phi) is 16.0. The molecule has 1 fully saturated rings. The van der Waals surface area contributed by atoms with Crippen LogP contribution in [-0.2, 0) is 23.3 Å². The third-order valence-electron chi connectivity index (χ3n) is 8.34. The van der Waals surface area contributed by atoms with Crippen molar-refractivity contribution in [2.45, 2.75) is 161 Å². The monoisotopic (exact) mass is 655 g/mol. The van der Waals surface area contributed by atoms with E-state index in [1.54, 1.807) is 18.4 Å². The van der Waals surface area contributed by atoms with Crippen molar-refractivity contribution >= 4 is 24.7 Å². The van der Waals surface area contributed by atoms with Gasteiger partial charge in [-0.15, -0.1) is 0 Å². The maximum Gasteiger partial charge on any atom is 0.331 e. The largest absolute Gasteiger partial charge is 0.376 e. The van der Waals surface area contributed by atoms with E-state index >= 15 is 0 Å². The number of nitrogens with one attached hydrogen (secondary N) is 1. The van der Waals surface area contributed by atoms with E-state index in [0.717, 1.165) is 19.3 Å². The zero-order valence-corrected chi connectivity index (χ0v) is 29.0. The van der Waals surface area contributed by atoms with E-state index in [0.29, 0.717) is 6.61 Å². The predicted octanol–water partition coefficient (Wildman–Crippen LogP) is 6.87. The molecule has 45 heavy (non-hydrogen) atoms. The Morgan fingerprint density at radius 2 is 1.56 bits per heavy atom. The zero-order chi connectivity index (χ0) is 32.8. The SMILES string of the molecule is CCCCCCCCCCCCCCCCO[C@H]1[C@@H](OP(=O)(O)C(C)C)[C@@H](COC(C)C)O[C@H]1n1cnc2c(=O)[nH]c(N)nc21. The number of anilines is 1. The molecule has 0 aromatic carbocycles. The number of imidazole rings is 1. The minimum atomic E-state index is -4.01. The van der Waals surface area contributed by atoms with Crippen molar-refractivity contribution in [3.8, 4) is 0 Å². The van der Waals surface area contributed by atoms with Crippen molar-refractivity contribution in [3.63, 3.8) is 0 Å². The van der Waals surface area contributed by atoms with Gasteiger partial charge in [0, 0.05) is 6.61 Å². The van der Waals surface area contributed by atoms with Crippen LogP contribution in [-0.4, -0.2) is 67.7 Å². The van der Waals surface area contributed by atoms with Crippen LogP contribution in [0.3, 0.4) is 0 Å². The first kappa shape index (κ1) is 37.6. The second-order valence-corrected chi connectivity index (χ2v) is 15.3. The molecule has 258 valence electrons. The average Bonchev–Trinajstić information content (AvgIpc) is 3.54. The molecule has 2 aromatic rings. The molecule has 12 nitrogen and oxygen atoms in total. The maximum absolute atomic E-state index is 13.1. The van der Waals surface area contributed by atoms with Crippen molar-refractivity contribution in [1.82, 2.24) is 19.5 Å². The van der Waals surface area contributed by atoms with Crippen LogP contribution < -0.4 is 11.3 Å². The molecule has 3 heterocycles. The number of nitrogen functional groups attached to an aromatic ring is 1. The van der Waals surface area contributed by atoms with Gasteiger partial charge in [0.2, 0.25) is 5.95 Å². The van der Waals surface area contributed by atoms with E-state index in [-0.39, 0.29) is 29.8 Å². The second kappa shape index (κ2) is 19.1. The first-order valence-electron chi connectivity index (χ1n) is 17.2. The molecule has 0 radical (unpaired) electrons. The minimum absolute atomic E-state index is 0.0562. The van der Waals surface area contributed by atoms with Crippen molar-refractivity contribution in [3.05, 3.63) is 16.7 Å². The fraction of sp³-hybridized carbons (Fsp3) is 0.844. The van der Waals surface area contributed by atoms with Gasteiger partial charge in [0.15, 0.2) is 17.4 Å². The number of nitrogens with zero attached hydrogens (tertiary/aromatic N) is 3. The molecular weight excluding hydrogens is 597 g/mol. The number of hydrogen-bond donors (Lipinski definition) is 3. The molecule has 1 unspecified atom stereocenters. The van der Waals surface area contributed by atoms with Gasteiger partial charge in [0.1, 0.15) is 18.3 Å². The molecular formula is C32H58N5O7P. The summed E-state index contributed by atoms with van der Waals surface area (Å²) in [5.41, 5.74) is 5.08. The molecule has 0 bridgehead atoms. The number of aromatic amines is 1. The minimum Gasteiger partial charge on any atom is -0.376 e. The summed E-state index contributed by atoms with van der Waals surface area (Å²) in [5, 5.41) is 0. The predicted molar refractivity (Wildman–Crippen MR) is 177 cm³/mol. The van der Waals surface area contributed by atoms with Gasteiger partial charge in [-0.3, -0.25) is 23.4 Å². The van der Waals surface area contributed by atoms with Gasteiger partial charge in [-0.05, 0) is 20.3 Å². The number of aromatic nitrogens is 4. The molecule has 5 atom stereocenters. The van der Waals surface area contributed by atoms with E-state index in [2.05, 4.69) is 21.9 Å². The molecule has 2 aromatic heterocycles. The lowest BCUT2D eigenvalue weighted by Gasteiger charge is -2.28. The Morgan fingerprint density at radius 1 is 0.978 bits per heavy atom. The Morgan fingerprint density at radius 3 is 2.11 bits per heavy atom. The van der Waals surface area contributed by atoms with Crippen molar-refractivity contribution in [2.75, 3.05) is 18.9 Å². The third-order valence-corrected chi connectivity index (χ3v) is 10.2. The summed E-state index contributed by atoms with van der Waals surface area (Å²) in [4.78, 5) is 34.2. The van der Waals surface area contributed by atoms with Gasteiger partial charge in [0.25, 0.3) is 5.56 Å². The van der Waals surface area contributed by atoms with Gasteiger partial charge in [-0.1, -0.05) is 104 Å². The number of fused-ring (bicyclic) bond motifs is 1. The summed E-state index contributed by atoms with van der Waals surface area (Å²) in [5.74, 6) is -0.0562. The molecule has 1 aliphatic heterocycles. The lowest BCUT2D eigenvalue weighted by Crippen LogP contribution is -2.39. The highest BCUT2D eigenvalue weighted by atomic mass is 31.2. The van der Waals surface area contributed by atoms with Crippen LogP contribution in [0.15, 0.2) is 11.1 Å². The Labute approximate surface area is 268 Å². The lowest BCUT2D eigenvalue weighted by molar-refractivity contribution is -0.0815. The second-order valence-electron chi connectivity index (χ2n) is 12.9. The maximum atomic E-state index is 13.1. The van der Waals surface area contributed by atoms with Gasteiger partial charge in [-0.25, -0.2) is 4.98 Å². The van der Waals surface area contributed by atoms with E-state index in [4.69, 9.17) is 24.5 Å². The molecule has 0 spiro atoms. The molecule has 3 rings (SSSR count). The first-order chi connectivity index (χ1) is 21.5. The van der Waals surface area contributed by atoms with Crippen molar-refractivity contribution in [1.29, 1.82) is 0 Å². The Hall–Kier alpha value is -1.82. The van der Waals surface area contributed by atoms with E-state index in [1.807, 2.05) is 13.8 Å². The van der Waals surface area contributed by atoms with Crippen LogP contribution in [0.1, 0.15) is 131 Å². The van der Waals surface area contributed by atoms with Crippen LogP contribution >= 0.6 is 7.60 Å². The molecule has 0 aliphatic carbocycles. The van der Waals surface area contributed by atoms with Crippen LogP contribution in [0, 0.1) is 0 Å². The van der Waals surface area contributed by atoms with Crippen molar-refractivity contribution < 1.29 is 28.2 Å². The molecule has 13 heteroatoms. The van der Waals surface area contributed by atoms with Gasteiger partial charge in [0.05, 0.1) is 24.7 Å². The summed E-state index contributed by atoms with van der Waals surface area (Å²) in [6.07, 6.45) is 15.7. The van der Waals surface area contributed by atoms with Gasteiger partial charge < -0.3 is 24.8 Å². The number of unbranched alkanes of at least 4 members (excludes halogenated alkanes) is 13. The molecule has 1 saturated heterocycles. The quantitative estimate of drug-likeness (QED) is 0.0850. The summed E-state index contributed by atoms with van der Waals surface area (Å²) in [6.45, 7) is 9.88. The highest BCUT2D eigenvalue weighted by Gasteiger charge is 2.51. The molecule has 4 N–H and O–H groups in total. The van der Waals surface area contributed by atoms with Crippen molar-refractivity contribution in [2.24, 2.45) is 0 Å². The van der Waals surface area contributed by atoms with Gasteiger partial charge in [-0.2, -0.15) is 4.98 Å². The fourth-order valence-corrected chi connectivity index (χ4v) is 6.45. The van der Waals surface area contributed by atoms with Crippen LogP contribution in [0.4, 0.5) is 5.95 Å². The lowest BCUT2D eigenvalue weighted by atomic mass is 10.0. The summed E-state index contributed by atoms with van der Waals surface area (Å²) < 4.78 is 39.2. The van der Waals surface area contributed by atoms with Crippen LogP contribution in [0.2, 0.25) is 0 Å². The number of H-pyrrole nitrogens is 1. The topological polar surface area (TPSA) is 164 Å². The number of rotatable bonds is 23. The first-order valence-corrected chi connectivity index (χ1v) is 18.8. The van der Waals surface area contributed by atoms with E-state index in [1.165, 1.54) is 77.0 Å². The molecule has 0 amide bonds. The van der Waals surface area contributed by atoms with Crippen LogP contribution in [0.25, 0.3) is 11.2 Å². The van der Waals surface area contributed by atoms with Gasteiger partial charge >= 0.3 is 7.60 Å². The highest BCUT2D eigenvalue weighted by molar-refractivity contribution is 7.53. The fourth-order valence-electron chi connectivity index (χ4n) is 5.60. The summed E-state index contributed by atoms with van der Waals surface area (Å²) in [7, 11) is -4.01. The normalized spacial score (nSPS) is 21.8. The summed E-state index contributed by atoms with van der Waals surface area (Å²) in [6, 6.07) is 0. The smallest absolute Gasteiger partial charge is 0.331 e. The number of nitrogens with two attached hydrogens (primary N) is 1. The number of hydrogen-bond acceptors (Lipinski definition) is 9. The highest BCUT2D eigenvalue weighted by Crippen LogP contribution is 2.52. The molecule has 1 aliphatic rings. The summed E-state index contributed by atoms with van der Waals surface area (Å²) >= 11 is 0. The van der Waals surface area contributed by atoms with E-state index < -0.39 is 43.4 Å².